The summed E-state index contributed by atoms with van der Waals surface area (Å²) in [6, 6.07) is -2.28. The summed E-state index contributed by atoms with van der Waals surface area (Å²) in [6.45, 7) is 5.03. The molecule has 0 saturated heterocycles. The van der Waals surface area contributed by atoms with E-state index >= 15 is 0 Å². The lowest BCUT2D eigenvalue weighted by Crippen LogP contribution is -2.50. The predicted molar refractivity (Wildman–Crippen MR) is 56.4 cm³/mol. The number of amides is 3. The Balaban J connectivity index is 4.12. The molecule has 0 aromatic heterocycles. The average molecular weight is 231 g/mol. The molecular formula is C9H17N3O4. The lowest BCUT2D eigenvalue weighted by atomic mass is 10.2. The number of urea groups is 1. The van der Waals surface area contributed by atoms with Gasteiger partial charge in [0, 0.05) is 0 Å². The number of carbonyl (C=O) groups excluding carboxylic acids is 3. The van der Waals surface area contributed by atoms with Gasteiger partial charge in [0.1, 0.15) is 6.04 Å². The Morgan fingerprint density at radius 1 is 1.25 bits per heavy atom. The van der Waals surface area contributed by atoms with E-state index in [2.05, 4.69) is 5.32 Å². The molecule has 0 spiro atoms. The van der Waals surface area contributed by atoms with E-state index in [1.54, 1.807) is 13.8 Å². The summed E-state index contributed by atoms with van der Waals surface area (Å²) in [4.78, 5) is 32.9. The van der Waals surface area contributed by atoms with Crippen LogP contribution in [0.15, 0.2) is 0 Å². The zero-order valence-electron chi connectivity index (χ0n) is 9.57. The van der Waals surface area contributed by atoms with Gasteiger partial charge in [-0.25, -0.2) is 4.79 Å². The fourth-order valence-electron chi connectivity index (χ4n) is 1.02. The van der Waals surface area contributed by atoms with Gasteiger partial charge in [0.25, 0.3) is 0 Å². The predicted octanol–water partition coefficient (Wildman–Crippen LogP) is -0.889. The Labute approximate surface area is 93.7 Å². The number of rotatable bonds is 5. The fraction of sp³-hybridized carbons (Fsp3) is 0.667. The van der Waals surface area contributed by atoms with Crippen LogP contribution in [0.4, 0.5) is 4.79 Å². The monoisotopic (exact) mass is 231 g/mol. The molecule has 0 fully saturated rings. The van der Waals surface area contributed by atoms with Crippen LogP contribution in [0.5, 0.6) is 0 Å². The zero-order valence-corrected chi connectivity index (χ0v) is 9.57. The maximum Gasteiger partial charge on any atom is 0.322 e. The highest BCUT2D eigenvalue weighted by molar-refractivity contribution is 5.96. The largest absolute Gasteiger partial charge is 0.465 e. The zero-order chi connectivity index (χ0) is 12.7. The molecule has 0 aliphatic carbocycles. The maximum atomic E-state index is 11.2. The van der Waals surface area contributed by atoms with Gasteiger partial charge in [-0.15, -0.1) is 0 Å². The van der Waals surface area contributed by atoms with Crippen LogP contribution in [0.1, 0.15) is 20.8 Å². The van der Waals surface area contributed by atoms with Gasteiger partial charge < -0.3 is 10.5 Å². The van der Waals surface area contributed by atoms with Crippen molar-refractivity contribution in [2.75, 3.05) is 6.61 Å². The Bertz CT molecular complexity index is 280. The lowest BCUT2D eigenvalue weighted by Gasteiger charge is -2.17. The summed E-state index contributed by atoms with van der Waals surface area (Å²) >= 11 is 0. The molecule has 0 rings (SSSR count). The van der Waals surface area contributed by atoms with E-state index in [0.717, 1.165) is 0 Å². The SMILES string of the molecule is CCOC(=O)C(C)NC(C)C(=O)NC(N)=O. The van der Waals surface area contributed by atoms with Crippen molar-refractivity contribution in [3.63, 3.8) is 0 Å². The quantitative estimate of drug-likeness (QED) is 0.532. The molecular weight excluding hydrogens is 214 g/mol. The maximum absolute atomic E-state index is 11.2. The smallest absolute Gasteiger partial charge is 0.322 e. The van der Waals surface area contributed by atoms with Gasteiger partial charge in [0.05, 0.1) is 12.6 Å². The Morgan fingerprint density at radius 3 is 2.25 bits per heavy atom. The molecule has 4 N–H and O–H groups in total. The minimum atomic E-state index is -0.928. The molecule has 2 atom stereocenters. The average Bonchev–Trinajstić information content (AvgIpc) is 2.16. The van der Waals surface area contributed by atoms with Crippen LogP contribution in [0.3, 0.4) is 0 Å². The van der Waals surface area contributed by atoms with Crippen molar-refractivity contribution < 1.29 is 19.1 Å². The van der Waals surface area contributed by atoms with E-state index in [-0.39, 0.29) is 6.61 Å². The van der Waals surface area contributed by atoms with Crippen molar-refractivity contribution in [3.8, 4) is 0 Å². The number of ether oxygens (including phenoxy) is 1. The molecule has 0 radical (unpaired) electrons. The number of nitrogens with one attached hydrogen (secondary N) is 2. The van der Waals surface area contributed by atoms with Gasteiger partial charge in [-0.3, -0.25) is 20.2 Å². The minimum Gasteiger partial charge on any atom is -0.465 e. The van der Waals surface area contributed by atoms with E-state index in [9.17, 15) is 14.4 Å². The second-order valence-electron chi connectivity index (χ2n) is 3.22. The van der Waals surface area contributed by atoms with Gasteiger partial charge in [0.15, 0.2) is 0 Å². The summed E-state index contributed by atoms with van der Waals surface area (Å²) in [5.74, 6) is -1.05. The number of hydrogen-bond donors (Lipinski definition) is 3. The summed E-state index contributed by atoms with van der Waals surface area (Å²) in [6.07, 6.45) is 0. The third-order valence-corrected chi connectivity index (χ3v) is 1.78. The number of esters is 1. The second kappa shape index (κ2) is 6.78. The molecule has 0 bridgehead atoms. The minimum absolute atomic E-state index is 0.271. The Hall–Kier alpha value is -1.63. The van der Waals surface area contributed by atoms with E-state index < -0.39 is 30.0 Å². The normalized spacial score (nSPS) is 13.7. The summed E-state index contributed by atoms with van der Waals surface area (Å²) < 4.78 is 4.74. The van der Waals surface area contributed by atoms with E-state index in [4.69, 9.17) is 10.5 Å². The summed E-state index contributed by atoms with van der Waals surface area (Å²) in [5, 5.41) is 4.58. The topological polar surface area (TPSA) is 111 Å². The molecule has 0 aliphatic rings. The van der Waals surface area contributed by atoms with Crippen LogP contribution >= 0.6 is 0 Å². The number of carbonyl (C=O) groups is 3. The first-order valence-electron chi connectivity index (χ1n) is 4.91. The molecule has 0 aromatic rings. The number of imide groups is 1. The molecule has 16 heavy (non-hydrogen) atoms. The van der Waals surface area contributed by atoms with Crippen LogP contribution in [0, 0.1) is 0 Å². The van der Waals surface area contributed by atoms with Crippen molar-refractivity contribution in [1.82, 2.24) is 10.6 Å². The highest BCUT2D eigenvalue weighted by atomic mass is 16.5. The number of hydrogen-bond acceptors (Lipinski definition) is 5. The van der Waals surface area contributed by atoms with Gasteiger partial charge >= 0.3 is 12.0 Å². The molecule has 7 heteroatoms. The molecule has 7 nitrogen and oxygen atoms in total. The third kappa shape index (κ3) is 5.30. The van der Waals surface area contributed by atoms with Gasteiger partial charge in [0.2, 0.25) is 5.91 Å². The molecule has 0 aromatic carbocycles. The molecule has 3 amide bonds. The van der Waals surface area contributed by atoms with Crippen LogP contribution < -0.4 is 16.4 Å². The summed E-state index contributed by atoms with van der Waals surface area (Å²) in [7, 11) is 0. The Morgan fingerprint density at radius 2 is 1.81 bits per heavy atom. The molecule has 92 valence electrons. The number of nitrogens with two attached hydrogens (primary N) is 1. The van der Waals surface area contributed by atoms with Crippen molar-refractivity contribution in [2.45, 2.75) is 32.9 Å². The first-order chi connectivity index (χ1) is 7.38. The van der Waals surface area contributed by atoms with E-state index in [1.165, 1.54) is 6.92 Å². The summed E-state index contributed by atoms with van der Waals surface area (Å²) in [5.41, 5.74) is 4.78. The first kappa shape index (κ1) is 14.4. The van der Waals surface area contributed by atoms with Crippen LogP contribution in [-0.4, -0.2) is 36.6 Å². The first-order valence-corrected chi connectivity index (χ1v) is 4.91. The standard InChI is InChI=1S/C9H17N3O4/c1-4-16-8(14)6(3)11-5(2)7(13)12-9(10)15/h5-6,11H,4H2,1-3H3,(H3,10,12,13,15). The van der Waals surface area contributed by atoms with E-state index in [0.29, 0.717) is 0 Å². The van der Waals surface area contributed by atoms with E-state index in [1.807, 2.05) is 5.32 Å². The lowest BCUT2D eigenvalue weighted by molar-refractivity contribution is -0.145. The van der Waals surface area contributed by atoms with Gasteiger partial charge in [-0.2, -0.15) is 0 Å². The van der Waals surface area contributed by atoms with Crippen molar-refractivity contribution in [1.29, 1.82) is 0 Å². The molecule has 0 saturated carbocycles. The molecule has 2 unspecified atom stereocenters. The third-order valence-electron chi connectivity index (χ3n) is 1.78. The molecule has 0 aliphatic heterocycles. The van der Waals surface area contributed by atoms with Crippen LogP contribution in [-0.2, 0) is 14.3 Å². The highest BCUT2D eigenvalue weighted by Gasteiger charge is 2.21. The number of primary amides is 1. The van der Waals surface area contributed by atoms with Crippen molar-refractivity contribution in [3.05, 3.63) is 0 Å². The van der Waals surface area contributed by atoms with Crippen LogP contribution in [0.25, 0.3) is 0 Å². The second-order valence-corrected chi connectivity index (χ2v) is 3.22. The van der Waals surface area contributed by atoms with Crippen molar-refractivity contribution in [2.24, 2.45) is 5.73 Å². The Kier molecular flexibility index (Phi) is 6.09. The van der Waals surface area contributed by atoms with Crippen molar-refractivity contribution >= 4 is 17.9 Å². The highest BCUT2D eigenvalue weighted by Crippen LogP contribution is 1.91. The fourth-order valence-corrected chi connectivity index (χ4v) is 1.02. The van der Waals surface area contributed by atoms with Gasteiger partial charge in [-0.1, -0.05) is 0 Å². The molecule has 0 heterocycles. The van der Waals surface area contributed by atoms with Gasteiger partial charge in [-0.05, 0) is 20.8 Å². The van der Waals surface area contributed by atoms with Crippen LogP contribution in [0.2, 0.25) is 0 Å².